The Morgan fingerprint density at radius 1 is 1.21 bits per heavy atom. The van der Waals surface area contributed by atoms with E-state index in [1.807, 2.05) is 47.0 Å². The summed E-state index contributed by atoms with van der Waals surface area (Å²) in [5, 5.41) is 0. The first-order valence-electron chi connectivity index (χ1n) is 8.59. The molecule has 2 amide bonds. The highest BCUT2D eigenvalue weighted by Gasteiger charge is 2.43. The molecule has 3 fully saturated rings. The minimum absolute atomic E-state index is 0.0442. The van der Waals surface area contributed by atoms with Crippen LogP contribution in [0, 0.1) is 5.92 Å². The Morgan fingerprint density at radius 2 is 1.96 bits per heavy atom. The van der Waals surface area contributed by atoms with E-state index in [0.29, 0.717) is 13.0 Å². The van der Waals surface area contributed by atoms with Gasteiger partial charge in [0, 0.05) is 50.3 Å². The molecule has 1 aromatic carbocycles. The summed E-state index contributed by atoms with van der Waals surface area (Å²) in [4.78, 5) is 28.7. The van der Waals surface area contributed by atoms with Crippen LogP contribution in [0.4, 0.5) is 5.69 Å². The lowest BCUT2D eigenvalue weighted by Gasteiger charge is -2.38. The number of hydrogen-bond acceptors (Lipinski definition) is 4. The van der Waals surface area contributed by atoms with Crippen molar-refractivity contribution in [3.63, 3.8) is 0 Å². The molecule has 1 aromatic rings. The molecule has 1 atom stereocenters. The zero-order valence-corrected chi connectivity index (χ0v) is 14.5. The molecule has 0 saturated carbocycles. The molecule has 0 unspecified atom stereocenters. The Labute approximate surface area is 146 Å². The molecule has 5 nitrogen and oxygen atoms in total. The number of para-hydroxylation sites is 1. The van der Waals surface area contributed by atoms with Gasteiger partial charge < -0.3 is 14.5 Å². The number of carbonyl (C=O) groups is 2. The van der Waals surface area contributed by atoms with Gasteiger partial charge in [-0.3, -0.25) is 9.59 Å². The number of piperidine rings is 1. The van der Waals surface area contributed by atoms with Gasteiger partial charge in [0.1, 0.15) is 4.93 Å². The minimum Gasteiger partial charge on any atom is -0.363 e. The molecule has 6 heteroatoms. The van der Waals surface area contributed by atoms with E-state index in [1.54, 1.807) is 4.90 Å². The van der Waals surface area contributed by atoms with Crippen molar-refractivity contribution in [2.24, 2.45) is 5.92 Å². The van der Waals surface area contributed by atoms with Gasteiger partial charge in [0.2, 0.25) is 11.8 Å². The van der Waals surface area contributed by atoms with Crippen LogP contribution in [0.2, 0.25) is 0 Å². The fourth-order valence-electron chi connectivity index (χ4n) is 3.84. The lowest BCUT2D eigenvalue weighted by Crippen LogP contribution is -2.47. The maximum Gasteiger partial charge on any atom is 0.228 e. The van der Waals surface area contributed by atoms with E-state index < -0.39 is 0 Å². The van der Waals surface area contributed by atoms with E-state index in [0.717, 1.165) is 44.0 Å². The first kappa shape index (κ1) is 16.0. The third-order valence-corrected chi connectivity index (χ3v) is 6.62. The number of nitrogens with zero attached hydrogens (tertiary/aromatic N) is 2. The van der Waals surface area contributed by atoms with Crippen molar-refractivity contribution in [2.75, 3.05) is 36.9 Å². The predicted molar refractivity (Wildman–Crippen MR) is 93.9 cm³/mol. The van der Waals surface area contributed by atoms with Gasteiger partial charge in [0.05, 0.1) is 12.5 Å². The van der Waals surface area contributed by atoms with Crippen LogP contribution in [0.25, 0.3) is 0 Å². The largest absolute Gasteiger partial charge is 0.363 e. The average molecular weight is 346 g/mol. The number of hydrogen-bond donors (Lipinski definition) is 0. The first-order chi connectivity index (χ1) is 11.7. The molecule has 128 valence electrons. The Kier molecular flexibility index (Phi) is 4.26. The van der Waals surface area contributed by atoms with Gasteiger partial charge in [-0.1, -0.05) is 18.2 Å². The van der Waals surface area contributed by atoms with Crippen molar-refractivity contribution in [3.8, 4) is 0 Å². The second kappa shape index (κ2) is 6.41. The maximum atomic E-state index is 12.8. The van der Waals surface area contributed by atoms with Crippen molar-refractivity contribution in [1.29, 1.82) is 0 Å². The van der Waals surface area contributed by atoms with E-state index in [1.165, 1.54) is 0 Å². The standard InChI is InChI=1S/C18H22N2O3S/c21-16-12-14(13-20(16)15-4-2-1-3-5-15)17(22)19-8-6-18(7-9-19)23-10-11-24-18/h1-5,14H,6-13H2/t14-/m1/s1. The van der Waals surface area contributed by atoms with E-state index in [9.17, 15) is 9.59 Å². The van der Waals surface area contributed by atoms with Gasteiger partial charge in [0.15, 0.2) is 0 Å². The van der Waals surface area contributed by atoms with E-state index >= 15 is 0 Å². The topological polar surface area (TPSA) is 49.9 Å². The fraction of sp³-hybridized carbons (Fsp3) is 0.556. The highest BCUT2D eigenvalue weighted by atomic mass is 32.2. The molecular weight excluding hydrogens is 324 g/mol. The number of carbonyl (C=O) groups excluding carboxylic acids is 2. The summed E-state index contributed by atoms with van der Waals surface area (Å²) in [6, 6.07) is 9.61. The van der Waals surface area contributed by atoms with Gasteiger partial charge in [-0.05, 0) is 12.1 Å². The molecule has 0 aromatic heterocycles. The molecule has 24 heavy (non-hydrogen) atoms. The molecule has 0 bridgehead atoms. The smallest absolute Gasteiger partial charge is 0.228 e. The van der Waals surface area contributed by atoms with Crippen LogP contribution >= 0.6 is 11.8 Å². The van der Waals surface area contributed by atoms with Crippen LogP contribution in [0.15, 0.2) is 30.3 Å². The average Bonchev–Trinajstić information content (AvgIpc) is 3.23. The highest BCUT2D eigenvalue weighted by Crippen LogP contribution is 2.41. The number of amides is 2. The van der Waals surface area contributed by atoms with Crippen LogP contribution in [0.1, 0.15) is 19.3 Å². The number of thioether (sulfide) groups is 1. The Bertz CT molecular complexity index is 620. The molecule has 3 heterocycles. The molecule has 4 rings (SSSR count). The minimum atomic E-state index is -0.219. The molecule has 0 aliphatic carbocycles. The second-order valence-electron chi connectivity index (χ2n) is 6.67. The quantitative estimate of drug-likeness (QED) is 0.823. The Morgan fingerprint density at radius 3 is 2.62 bits per heavy atom. The summed E-state index contributed by atoms with van der Waals surface area (Å²) in [5.41, 5.74) is 0.881. The summed E-state index contributed by atoms with van der Waals surface area (Å²) in [6.07, 6.45) is 2.11. The van der Waals surface area contributed by atoms with Crippen molar-refractivity contribution in [1.82, 2.24) is 4.90 Å². The van der Waals surface area contributed by atoms with Crippen molar-refractivity contribution in [3.05, 3.63) is 30.3 Å². The maximum absolute atomic E-state index is 12.8. The lowest BCUT2D eigenvalue weighted by atomic mass is 10.0. The van der Waals surface area contributed by atoms with Gasteiger partial charge in [-0.2, -0.15) is 0 Å². The summed E-state index contributed by atoms with van der Waals surface area (Å²) in [5.74, 6) is 1.00. The molecule has 3 saturated heterocycles. The lowest BCUT2D eigenvalue weighted by molar-refractivity contribution is -0.138. The van der Waals surface area contributed by atoms with E-state index in [2.05, 4.69) is 0 Å². The van der Waals surface area contributed by atoms with Crippen LogP contribution in [0.5, 0.6) is 0 Å². The zero-order valence-electron chi connectivity index (χ0n) is 13.6. The van der Waals surface area contributed by atoms with Crippen molar-refractivity contribution >= 4 is 29.3 Å². The SMILES string of the molecule is O=C([C@@H]1CC(=O)N(c2ccccc2)C1)N1CCC2(CC1)OCCS2. The third-order valence-electron chi connectivity index (χ3n) is 5.19. The summed E-state index contributed by atoms with van der Waals surface area (Å²) >= 11 is 1.89. The number of benzene rings is 1. The Hall–Kier alpha value is -1.53. The van der Waals surface area contributed by atoms with E-state index in [4.69, 9.17) is 4.74 Å². The predicted octanol–water partition coefficient (Wildman–Crippen LogP) is 2.12. The van der Waals surface area contributed by atoms with Gasteiger partial charge >= 0.3 is 0 Å². The van der Waals surface area contributed by atoms with Gasteiger partial charge in [0.25, 0.3) is 0 Å². The molecule has 3 aliphatic rings. The van der Waals surface area contributed by atoms with E-state index in [-0.39, 0.29) is 22.7 Å². The Balaban J connectivity index is 1.38. The first-order valence-corrected chi connectivity index (χ1v) is 9.58. The normalized spacial score (nSPS) is 26.3. The van der Waals surface area contributed by atoms with Crippen LogP contribution in [-0.4, -0.2) is 53.6 Å². The number of rotatable bonds is 2. The highest BCUT2D eigenvalue weighted by molar-refractivity contribution is 8.00. The number of likely N-dealkylation sites (tertiary alicyclic amines) is 1. The summed E-state index contributed by atoms with van der Waals surface area (Å²) in [6.45, 7) is 2.79. The summed E-state index contributed by atoms with van der Waals surface area (Å²) in [7, 11) is 0. The van der Waals surface area contributed by atoms with Gasteiger partial charge in [-0.25, -0.2) is 0 Å². The van der Waals surface area contributed by atoms with Crippen LogP contribution < -0.4 is 4.90 Å². The molecule has 0 radical (unpaired) electrons. The van der Waals surface area contributed by atoms with Gasteiger partial charge in [-0.15, -0.1) is 11.8 Å². The molecular formula is C18H22N2O3S. The van der Waals surface area contributed by atoms with Crippen LogP contribution in [-0.2, 0) is 14.3 Å². The van der Waals surface area contributed by atoms with Crippen molar-refractivity contribution in [2.45, 2.75) is 24.2 Å². The summed E-state index contributed by atoms with van der Waals surface area (Å²) < 4.78 is 5.89. The monoisotopic (exact) mass is 346 g/mol. The number of ether oxygens (including phenoxy) is 1. The van der Waals surface area contributed by atoms with Crippen molar-refractivity contribution < 1.29 is 14.3 Å². The second-order valence-corrected chi connectivity index (χ2v) is 8.11. The number of anilines is 1. The van der Waals surface area contributed by atoms with Crippen LogP contribution in [0.3, 0.4) is 0 Å². The fourth-order valence-corrected chi connectivity index (χ4v) is 5.02. The third kappa shape index (κ3) is 2.93. The zero-order chi connectivity index (χ0) is 16.6. The molecule has 0 N–H and O–H groups in total. The molecule has 1 spiro atoms. The molecule has 3 aliphatic heterocycles.